The van der Waals surface area contributed by atoms with Crippen molar-refractivity contribution in [2.45, 2.75) is 0 Å². The third-order valence-electron chi connectivity index (χ3n) is 15.0. The molecule has 0 unspecified atom stereocenters. The molecule has 1 heterocycles. The monoisotopic (exact) mass is 940 g/mol. The number of aromatic nitrogens is 1. The Bertz CT molecular complexity index is 4430. The minimum Gasteiger partial charge on any atom is -0.310 e. The van der Waals surface area contributed by atoms with E-state index < -0.39 is 0 Å². The van der Waals surface area contributed by atoms with Gasteiger partial charge in [-0.25, -0.2) is 0 Å². The first kappa shape index (κ1) is 43.1. The van der Waals surface area contributed by atoms with Gasteiger partial charge in [-0.2, -0.15) is 0 Å². The fourth-order valence-electron chi connectivity index (χ4n) is 11.5. The zero-order valence-electron chi connectivity index (χ0n) is 40.6. The first-order valence-corrected chi connectivity index (χ1v) is 25.5. The molecule has 0 bridgehead atoms. The van der Waals surface area contributed by atoms with Crippen molar-refractivity contribution in [1.29, 1.82) is 0 Å². The molecule has 0 radical (unpaired) electrons. The molecule has 74 heavy (non-hydrogen) atoms. The molecule has 0 saturated heterocycles. The molecule has 2 nitrogen and oxygen atoms in total. The summed E-state index contributed by atoms with van der Waals surface area (Å²) in [5, 5.41) is 9.87. The molecular formula is C72H48N2. The minimum absolute atomic E-state index is 1.06. The molecule has 2 heteroatoms. The van der Waals surface area contributed by atoms with Gasteiger partial charge >= 0.3 is 0 Å². The smallest absolute Gasteiger partial charge is 0.0547 e. The molecule has 346 valence electrons. The number of benzene rings is 13. The molecule has 0 aliphatic carbocycles. The maximum Gasteiger partial charge on any atom is 0.0547 e. The van der Waals surface area contributed by atoms with Gasteiger partial charge in [0.15, 0.2) is 0 Å². The number of rotatable bonds is 9. The van der Waals surface area contributed by atoms with Gasteiger partial charge in [-0.15, -0.1) is 0 Å². The Labute approximate surface area is 430 Å². The van der Waals surface area contributed by atoms with Crippen molar-refractivity contribution in [3.63, 3.8) is 0 Å². The van der Waals surface area contributed by atoms with Crippen molar-refractivity contribution in [1.82, 2.24) is 4.57 Å². The highest BCUT2D eigenvalue weighted by atomic mass is 15.1. The summed E-state index contributed by atoms with van der Waals surface area (Å²) < 4.78 is 2.47. The van der Waals surface area contributed by atoms with Crippen molar-refractivity contribution in [3.8, 4) is 61.3 Å². The lowest BCUT2D eigenvalue weighted by Gasteiger charge is -2.28. The maximum atomic E-state index is 2.47. The van der Waals surface area contributed by atoms with E-state index in [0.717, 1.165) is 56.1 Å². The number of hydrogen-bond donors (Lipinski definition) is 0. The van der Waals surface area contributed by atoms with Crippen LogP contribution in [0.1, 0.15) is 0 Å². The SMILES string of the molecule is c1ccc(-c2cc(N(c3cccc(-c4cccc5ccccc45)c3)c3cccc(-c4ccc(-c5ccccc5)c5ccccc45)c3)ccc2-c2ccccc2-n2c3ccccc3c3cc4ccccc4cc32)cc1. The van der Waals surface area contributed by atoms with Gasteiger partial charge < -0.3 is 9.47 Å². The summed E-state index contributed by atoms with van der Waals surface area (Å²) >= 11 is 0. The zero-order valence-corrected chi connectivity index (χ0v) is 40.6. The van der Waals surface area contributed by atoms with Crippen LogP contribution < -0.4 is 4.90 Å². The number of anilines is 3. The van der Waals surface area contributed by atoms with E-state index in [0.29, 0.717) is 0 Å². The van der Waals surface area contributed by atoms with Crippen LogP contribution in [0.5, 0.6) is 0 Å². The average molecular weight is 941 g/mol. The summed E-state index contributed by atoms with van der Waals surface area (Å²) in [5.74, 6) is 0. The van der Waals surface area contributed by atoms with Crippen LogP contribution in [0.15, 0.2) is 291 Å². The standard InChI is InChI=1S/C72H48N2/c1-3-20-49(21-4-1)61-42-43-62(64-34-12-11-33-63(61)64)55-29-18-31-57(45-55)73(56-30-17-28-54(44-56)60-37-19-27-50-24-9-10-32-59(50)60)58-40-41-65(68(48-58)51-22-5-2-6-23-51)66-35-13-15-38-70(66)74-71-39-16-14-36-67(71)69-46-52-25-7-8-26-53(52)47-72(69)74/h1-48H. The van der Waals surface area contributed by atoms with Crippen molar-refractivity contribution in [2.24, 2.45) is 0 Å². The van der Waals surface area contributed by atoms with Gasteiger partial charge in [0.05, 0.1) is 16.7 Å². The summed E-state index contributed by atoms with van der Waals surface area (Å²) in [5.41, 5.74) is 18.5. The fourth-order valence-corrected chi connectivity index (χ4v) is 11.5. The van der Waals surface area contributed by atoms with E-state index in [2.05, 4.69) is 301 Å². The number of para-hydroxylation sites is 2. The first-order chi connectivity index (χ1) is 36.7. The fraction of sp³-hybridized carbons (Fsp3) is 0. The molecule has 0 aliphatic rings. The molecule has 0 N–H and O–H groups in total. The van der Waals surface area contributed by atoms with E-state index in [1.807, 2.05) is 0 Å². The molecule has 0 amide bonds. The zero-order chi connectivity index (χ0) is 49.0. The molecule has 0 fully saturated rings. The van der Waals surface area contributed by atoms with Gasteiger partial charge in [0.2, 0.25) is 0 Å². The molecule has 0 atom stereocenters. The lowest BCUT2D eigenvalue weighted by atomic mass is 9.91. The van der Waals surface area contributed by atoms with E-state index in [9.17, 15) is 0 Å². The number of hydrogen-bond acceptors (Lipinski definition) is 1. The normalized spacial score (nSPS) is 11.5. The van der Waals surface area contributed by atoms with Gasteiger partial charge in [-0.1, -0.05) is 231 Å². The average Bonchev–Trinajstić information content (AvgIpc) is 3.80. The van der Waals surface area contributed by atoms with Crippen LogP contribution in [0, 0.1) is 0 Å². The lowest BCUT2D eigenvalue weighted by molar-refractivity contribution is 1.18. The number of fused-ring (bicyclic) bond motifs is 6. The second-order valence-corrected chi connectivity index (χ2v) is 19.2. The van der Waals surface area contributed by atoms with Crippen LogP contribution >= 0.6 is 0 Å². The van der Waals surface area contributed by atoms with Gasteiger partial charge in [0, 0.05) is 33.4 Å². The maximum absolute atomic E-state index is 2.47. The molecule has 0 spiro atoms. The van der Waals surface area contributed by atoms with E-state index >= 15 is 0 Å². The molecule has 0 aliphatic heterocycles. The molecule has 14 rings (SSSR count). The van der Waals surface area contributed by atoms with Gasteiger partial charge in [-0.3, -0.25) is 0 Å². The summed E-state index contributed by atoms with van der Waals surface area (Å²) in [4.78, 5) is 2.44. The van der Waals surface area contributed by atoms with Crippen LogP contribution in [0.3, 0.4) is 0 Å². The highest BCUT2D eigenvalue weighted by Crippen LogP contribution is 2.46. The largest absolute Gasteiger partial charge is 0.310 e. The Morgan fingerprint density at radius 1 is 0.216 bits per heavy atom. The van der Waals surface area contributed by atoms with Crippen molar-refractivity contribution in [3.05, 3.63) is 291 Å². The summed E-state index contributed by atoms with van der Waals surface area (Å²) in [7, 11) is 0. The Balaban J connectivity index is 0.980. The Hall–Kier alpha value is -9.76. The third kappa shape index (κ3) is 7.43. The summed E-state index contributed by atoms with van der Waals surface area (Å²) in [6, 6.07) is 107. The predicted molar refractivity (Wildman–Crippen MR) is 315 cm³/mol. The Morgan fingerprint density at radius 2 is 0.676 bits per heavy atom. The number of nitrogens with zero attached hydrogens (tertiary/aromatic N) is 2. The molecule has 14 aromatic rings. The van der Waals surface area contributed by atoms with Crippen LogP contribution in [-0.2, 0) is 0 Å². The summed E-state index contributed by atoms with van der Waals surface area (Å²) in [6.45, 7) is 0. The third-order valence-corrected chi connectivity index (χ3v) is 15.0. The van der Waals surface area contributed by atoms with Crippen molar-refractivity contribution in [2.75, 3.05) is 4.90 Å². The second kappa shape index (κ2) is 18.1. The minimum atomic E-state index is 1.06. The van der Waals surface area contributed by atoms with E-state index in [1.54, 1.807) is 0 Å². The highest BCUT2D eigenvalue weighted by molar-refractivity contribution is 6.14. The van der Waals surface area contributed by atoms with Crippen LogP contribution in [0.25, 0.3) is 115 Å². The van der Waals surface area contributed by atoms with Gasteiger partial charge in [0.1, 0.15) is 0 Å². The van der Waals surface area contributed by atoms with E-state index in [-0.39, 0.29) is 0 Å². The van der Waals surface area contributed by atoms with E-state index in [4.69, 9.17) is 0 Å². The predicted octanol–water partition coefficient (Wildman–Crippen LogP) is 20.0. The molecule has 1 aromatic heterocycles. The van der Waals surface area contributed by atoms with Crippen LogP contribution in [-0.4, -0.2) is 4.57 Å². The topological polar surface area (TPSA) is 8.17 Å². The van der Waals surface area contributed by atoms with Gasteiger partial charge in [-0.05, 0) is 143 Å². The van der Waals surface area contributed by atoms with Crippen molar-refractivity contribution >= 4 is 71.2 Å². The Kier molecular flexibility index (Phi) is 10.6. The second-order valence-electron chi connectivity index (χ2n) is 19.2. The molecule has 0 saturated carbocycles. The first-order valence-electron chi connectivity index (χ1n) is 25.5. The summed E-state index contributed by atoms with van der Waals surface area (Å²) in [6.07, 6.45) is 0. The van der Waals surface area contributed by atoms with Gasteiger partial charge in [0.25, 0.3) is 0 Å². The van der Waals surface area contributed by atoms with Crippen LogP contribution in [0.4, 0.5) is 17.1 Å². The molecule has 13 aromatic carbocycles. The van der Waals surface area contributed by atoms with Crippen molar-refractivity contribution < 1.29 is 0 Å². The lowest BCUT2D eigenvalue weighted by Crippen LogP contribution is -2.10. The van der Waals surface area contributed by atoms with E-state index in [1.165, 1.54) is 76.4 Å². The quantitative estimate of drug-likeness (QED) is 0.140. The molecular weight excluding hydrogens is 893 g/mol. The van der Waals surface area contributed by atoms with Crippen LogP contribution in [0.2, 0.25) is 0 Å². The Morgan fingerprint density at radius 3 is 1.38 bits per heavy atom. The highest BCUT2D eigenvalue weighted by Gasteiger charge is 2.22.